The standard InChI is InChI=1S/C20H29F3N4O2/c1-6-24-18(27(5)12-17(28)26-19(2,3)4)25-15-11-14(15)13-9-7-8-10-16(13)29-20(21,22)23/h7-10,14-15H,6,11-12H2,1-5H3,(H,24,25)(H,26,28). The third-order valence-corrected chi connectivity index (χ3v) is 4.21. The van der Waals surface area contributed by atoms with Crippen LogP contribution in [-0.2, 0) is 4.79 Å². The van der Waals surface area contributed by atoms with Crippen LogP contribution in [0.5, 0.6) is 5.75 Å². The van der Waals surface area contributed by atoms with Gasteiger partial charge in [-0.2, -0.15) is 0 Å². The van der Waals surface area contributed by atoms with E-state index in [9.17, 15) is 18.0 Å². The molecule has 1 aromatic carbocycles. The molecule has 0 aromatic heterocycles. The summed E-state index contributed by atoms with van der Waals surface area (Å²) in [5, 5.41) is 6.15. The normalized spacial score (nSPS) is 19.5. The molecule has 1 amide bonds. The fraction of sp³-hybridized carbons (Fsp3) is 0.600. The molecule has 0 heterocycles. The number of carbonyl (C=O) groups excluding carboxylic acids is 1. The van der Waals surface area contributed by atoms with Crippen LogP contribution in [0.4, 0.5) is 13.2 Å². The number of alkyl halides is 3. The highest BCUT2D eigenvalue weighted by Gasteiger charge is 2.43. The molecule has 1 fully saturated rings. The van der Waals surface area contributed by atoms with Crippen molar-refractivity contribution in [1.29, 1.82) is 0 Å². The Balaban J connectivity index is 2.02. The Morgan fingerprint density at radius 2 is 1.93 bits per heavy atom. The van der Waals surface area contributed by atoms with Crippen LogP contribution in [0.1, 0.15) is 45.6 Å². The van der Waals surface area contributed by atoms with Crippen molar-refractivity contribution in [3.8, 4) is 5.75 Å². The second-order valence-corrected chi connectivity index (χ2v) is 8.13. The second-order valence-electron chi connectivity index (χ2n) is 8.13. The summed E-state index contributed by atoms with van der Waals surface area (Å²) in [4.78, 5) is 18.3. The number of amides is 1. The van der Waals surface area contributed by atoms with Gasteiger partial charge in [0.1, 0.15) is 5.75 Å². The van der Waals surface area contributed by atoms with Crippen LogP contribution in [0.15, 0.2) is 29.3 Å². The maximum Gasteiger partial charge on any atom is 0.573 e. The van der Waals surface area contributed by atoms with Crippen molar-refractivity contribution in [2.45, 2.75) is 58.0 Å². The minimum absolute atomic E-state index is 0.0774. The molecule has 0 spiro atoms. The molecule has 9 heteroatoms. The summed E-state index contributed by atoms with van der Waals surface area (Å²) in [6.45, 7) is 8.22. The maximum atomic E-state index is 12.7. The maximum absolute atomic E-state index is 12.7. The molecule has 29 heavy (non-hydrogen) atoms. The van der Waals surface area contributed by atoms with Crippen LogP contribution in [-0.4, -0.2) is 54.8 Å². The van der Waals surface area contributed by atoms with Crippen LogP contribution in [0.2, 0.25) is 0 Å². The SMILES string of the molecule is CCN=C(NC1CC1c1ccccc1OC(F)(F)F)N(C)CC(=O)NC(C)(C)C. The van der Waals surface area contributed by atoms with Gasteiger partial charge in [-0.3, -0.25) is 9.79 Å². The van der Waals surface area contributed by atoms with E-state index in [-0.39, 0.29) is 35.7 Å². The van der Waals surface area contributed by atoms with Gasteiger partial charge in [-0.05, 0) is 45.7 Å². The topological polar surface area (TPSA) is 66.0 Å². The van der Waals surface area contributed by atoms with E-state index < -0.39 is 6.36 Å². The minimum Gasteiger partial charge on any atom is -0.405 e. The summed E-state index contributed by atoms with van der Waals surface area (Å²) < 4.78 is 42.1. The number of nitrogens with one attached hydrogen (secondary N) is 2. The minimum atomic E-state index is -4.73. The first-order valence-corrected chi connectivity index (χ1v) is 9.57. The predicted octanol–water partition coefficient (Wildman–Crippen LogP) is 3.25. The Kier molecular flexibility index (Phi) is 7.02. The lowest BCUT2D eigenvalue weighted by molar-refractivity contribution is -0.274. The lowest BCUT2D eigenvalue weighted by Gasteiger charge is -2.25. The zero-order valence-corrected chi connectivity index (χ0v) is 17.4. The molecule has 162 valence electrons. The second kappa shape index (κ2) is 8.92. The van der Waals surface area contributed by atoms with E-state index in [1.54, 1.807) is 24.1 Å². The van der Waals surface area contributed by atoms with Crippen molar-refractivity contribution in [2.75, 3.05) is 20.1 Å². The number of nitrogens with zero attached hydrogens (tertiary/aromatic N) is 2. The van der Waals surface area contributed by atoms with Gasteiger partial charge in [0.2, 0.25) is 5.91 Å². The fourth-order valence-corrected chi connectivity index (χ4v) is 3.04. The van der Waals surface area contributed by atoms with E-state index in [4.69, 9.17) is 0 Å². The predicted molar refractivity (Wildman–Crippen MR) is 106 cm³/mol. The molecule has 2 rings (SSSR count). The van der Waals surface area contributed by atoms with Crippen LogP contribution >= 0.6 is 0 Å². The van der Waals surface area contributed by atoms with E-state index in [2.05, 4.69) is 20.4 Å². The molecule has 2 unspecified atom stereocenters. The Bertz CT molecular complexity index is 744. The third-order valence-electron chi connectivity index (χ3n) is 4.21. The number of rotatable bonds is 6. The lowest BCUT2D eigenvalue weighted by atomic mass is 10.1. The summed E-state index contributed by atoms with van der Waals surface area (Å²) in [6.07, 6.45) is -4.08. The molecule has 0 saturated heterocycles. The van der Waals surface area contributed by atoms with Gasteiger partial charge in [0.25, 0.3) is 0 Å². The largest absolute Gasteiger partial charge is 0.573 e. The van der Waals surface area contributed by atoms with Crippen LogP contribution < -0.4 is 15.4 Å². The Labute approximate surface area is 169 Å². The van der Waals surface area contributed by atoms with Crippen molar-refractivity contribution in [3.05, 3.63) is 29.8 Å². The average Bonchev–Trinajstić information content (AvgIpc) is 3.30. The van der Waals surface area contributed by atoms with Crippen molar-refractivity contribution < 1.29 is 22.7 Å². The van der Waals surface area contributed by atoms with Gasteiger partial charge in [-0.1, -0.05) is 18.2 Å². The molecule has 6 nitrogen and oxygen atoms in total. The van der Waals surface area contributed by atoms with Crippen molar-refractivity contribution in [1.82, 2.24) is 15.5 Å². The number of carbonyl (C=O) groups is 1. The van der Waals surface area contributed by atoms with E-state index in [1.165, 1.54) is 12.1 Å². The van der Waals surface area contributed by atoms with Crippen molar-refractivity contribution in [2.24, 2.45) is 4.99 Å². The van der Waals surface area contributed by atoms with Gasteiger partial charge in [0, 0.05) is 31.1 Å². The summed E-state index contributed by atoms with van der Waals surface area (Å²) in [7, 11) is 1.75. The number of benzene rings is 1. The van der Waals surface area contributed by atoms with Gasteiger partial charge in [0.05, 0.1) is 6.54 Å². The Hall–Kier alpha value is -2.45. The quantitative estimate of drug-likeness (QED) is 0.554. The van der Waals surface area contributed by atoms with Gasteiger partial charge >= 0.3 is 6.36 Å². The molecular formula is C20H29F3N4O2. The van der Waals surface area contributed by atoms with Gasteiger partial charge in [-0.15, -0.1) is 13.2 Å². The van der Waals surface area contributed by atoms with Crippen molar-refractivity contribution in [3.63, 3.8) is 0 Å². The van der Waals surface area contributed by atoms with E-state index in [1.807, 2.05) is 27.7 Å². The summed E-state index contributed by atoms with van der Waals surface area (Å²) >= 11 is 0. The highest BCUT2D eigenvalue weighted by molar-refractivity contribution is 5.87. The first kappa shape index (κ1) is 22.8. The molecule has 2 N–H and O–H groups in total. The zero-order chi connectivity index (χ0) is 21.8. The van der Waals surface area contributed by atoms with Crippen LogP contribution in [0, 0.1) is 0 Å². The number of para-hydroxylation sites is 1. The van der Waals surface area contributed by atoms with E-state index in [0.717, 1.165) is 0 Å². The molecule has 1 aliphatic rings. The van der Waals surface area contributed by atoms with Gasteiger partial charge in [-0.25, -0.2) is 0 Å². The first-order valence-electron chi connectivity index (χ1n) is 9.57. The summed E-state index contributed by atoms with van der Waals surface area (Å²) in [5.41, 5.74) is 0.170. The van der Waals surface area contributed by atoms with Crippen LogP contribution in [0.3, 0.4) is 0 Å². The average molecular weight is 414 g/mol. The molecule has 0 radical (unpaired) electrons. The molecule has 1 aromatic rings. The molecule has 1 saturated carbocycles. The van der Waals surface area contributed by atoms with Gasteiger partial charge < -0.3 is 20.3 Å². The molecule has 0 bridgehead atoms. The Morgan fingerprint density at radius 1 is 1.28 bits per heavy atom. The number of likely N-dealkylation sites (N-methyl/N-ethyl adjacent to an activating group) is 1. The smallest absolute Gasteiger partial charge is 0.405 e. The van der Waals surface area contributed by atoms with E-state index >= 15 is 0 Å². The molecule has 0 aliphatic heterocycles. The monoisotopic (exact) mass is 414 g/mol. The number of ether oxygens (including phenoxy) is 1. The first-order chi connectivity index (χ1) is 13.4. The number of hydrogen-bond acceptors (Lipinski definition) is 3. The molecular weight excluding hydrogens is 385 g/mol. The fourth-order valence-electron chi connectivity index (χ4n) is 3.04. The number of aliphatic imine (C=N–C) groups is 1. The lowest BCUT2D eigenvalue weighted by Crippen LogP contribution is -2.49. The third kappa shape index (κ3) is 7.47. The number of halogens is 3. The Morgan fingerprint density at radius 3 is 2.52 bits per heavy atom. The molecule has 1 aliphatic carbocycles. The number of guanidine groups is 1. The summed E-state index contributed by atoms with van der Waals surface area (Å²) in [6, 6.07) is 6.09. The highest BCUT2D eigenvalue weighted by atomic mass is 19.4. The van der Waals surface area contributed by atoms with Gasteiger partial charge in [0.15, 0.2) is 5.96 Å². The molecule has 2 atom stereocenters. The van der Waals surface area contributed by atoms with E-state index in [0.29, 0.717) is 24.5 Å². The zero-order valence-electron chi connectivity index (χ0n) is 17.4. The van der Waals surface area contributed by atoms with Crippen LogP contribution in [0.25, 0.3) is 0 Å². The van der Waals surface area contributed by atoms with Crippen molar-refractivity contribution >= 4 is 11.9 Å². The highest BCUT2D eigenvalue weighted by Crippen LogP contribution is 2.45. The number of hydrogen-bond donors (Lipinski definition) is 2. The summed E-state index contributed by atoms with van der Waals surface area (Å²) in [5.74, 6) is 0.105.